The van der Waals surface area contributed by atoms with E-state index in [9.17, 15) is 14.7 Å². The molecule has 0 bridgehead atoms. The monoisotopic (exact) mass is 356 g/mol. The van der Waals surface area contributed by atoms with Gasteiger partial charge in [0, 0.05) is 25.5 Å². The lowest BCUT2D eigenvalue weighted by atomic mass is 9.76. The minimum absolute atomic E-state index is 0.0537. The molecule has 5 nitrogen and oxygen atoms in total. The Hall–Kier alpha value is -2.30. The molecule has 0 aliphatic carbocycles. The highest BCUT2D eigenvalue weighted by atomic mass is 16.4. The third kappa shape index (κ3) is 2.79. The van der Waals surface area contributed by atoms with Gasteiger partial charge in [0.15, 0.2) is 0 Å². The maximum absolute atomic E-state index is 13.3. The SMILES string of the molecule is CCC[C@@]1(C(=O)O)CCCN(C(=O)c2c(C)c3cccc(C)c3n2C)C1. The van der Waals surface area contributed by atoms with E-state index in [1.807, 2.05) is 50.6 Å². The van der Waals surface area contributed by atoms with E-state index in [4.69, 9.17) is 0 Å². The molecule has 0 radical (unpaired) electrons. The van der Waals surface area contributed by atoms with Crippen molar-refractivity contribution in [3.8, 4) is 0 Å². The number of para-hydroxylation sites is 1. The van der Waals surface area contributed by atoms with Gasteiger partial charge in [-0.25, -0.2) is 0 Å². The zero-order valence-corrected chi connectivity index (χ0v) is 16.1. The molecule has 0 unspecified atom stereocenters. The normalized spacial score (nSPS) is 20.5. The van der Waals surface area contributed by atoms with E-state index in [0.717, 1.165) is 34.9 Å². The first-order valence-corrected chi connectivity index (χ1v) is 9.39. The van der Waals surface area contributed by atoms with Gasteiger partial charge in [-0.2, -0.15) is 0 Å². The predicted molar refractivity (Wildman–Crippen MR) is 103 cm³/mol. The number of aliphatic carboxylic acids is 1. The first kappa shape index (κ1) is 18.5. The summed E-state index contributed by atoms with van der Waals surface area (Å²) in [7, 11) is 1.93. The van der Waals surface area contributed by atoms with Gasteiger partial charge in [0.25, 0.3) is 5.91 Å². The second-order valence-corrected chi connectivity index (χ2v) is 7.67. The van der Waals surface area contributed by atoms with Gasteiger partial charge in [-0.1, -0.05) is 31.5 Å². The van der Waals surface area contributed by atoms with Crippen molar-refractivity contribution in [3.05, 3.63) is 35.0 Å². The molecule has 5 heteroatoms. The van der Waals surface area contributed by atoms with Crippen molar-refractivity contribution in [1.82, 2.24) is 9.47 Å². The largest absolute Gasteiger partial charge is 0.481 e. The molecule has 2 heterocycles. The molecule has 0 saturated carbocycles. The Morgan fingerprint density at radius 1 is 1.27 bits per heavy atom. The Kier molecular flexibility index (Phi) is 4.82. The molecule has 1 amide bonds. The van der Waals surface area contributed by atoms with Crippen LogP contribution in [0.1, 0.15) is 54.2 Å². The number of amides is 1. The molecule has 1 fully saturated rings. The zero-order valence-electron chi connectivity index (χ0n) is 16.1. The molecule has 1 aliphatic rings. The number of rotatable bonds is 4. The number of benzene rings is 1. The number of fused-ring (bicyclic) bond motifs is 1. The lowest BCUT2D eigenvalue weighted by molar-refractivity contribution is -0.152. The number of nitrogens with zero attached hydrogens (tertiary/aromatic N) is 2. The van der Waals surface area contributed by atoms with Crippen molar-refractivity contribution >= 4 is 22.8 Å². The summed E-state index contributed by atoms with van der Waals surface area (Å²) in [6, 6.07) is 6.10. The molecule has 1 atom stereocenters. The summed E-state index contributed by atoms with van der Waals surface area (Å²) >= 11 is 0. The topological polar surface area (TPSA) is 62.5 Å². The van der Waals surface area contributed by atoms with Crippen molar-refractivity contribution in [2.75, 3.05) is 13.1 Å². The van der Waals surface area contributed by atoms with E-state index in [1.165, 1.54) is 0 Å². The molecule has 1 aromatic carbocycles. The molecular formula is C21H28N2O3. The second-order valence-electron chi connectivity index (χ2n) is 7.67. The number of hydrogen-bond donors (Lipinski definition) is 1. The number of carbonyl (C=O) groups excluding carboxylic acids is 1. The minimum atomic E-state index is -0.808. The standard InChI is InChI=1S/C21H28N2O3/c1-5-10-21(20(25)26)11-7-12-23(13-21)19(24)18-15(3)16-9-6-8-14(2)17(16)22(18)4/h6,8-9H,5,7,10-13H2,1-4H3,(H,25,26)/t21-/m1/s1. The summed E-state index contributed by atoms with van der Waals surface area (Å²) < 4.78 is 1.97. The van der Waals surface area contributed by atoms with Crippen molar-refractivity contribution in [2.24, 2.45) is 12.5 Å². The average Bonchev–Trinajstić information content (AvgIpc) is 2.86. The highest BCUT2D eigenvalue weighted by molar-refractivity contribution is 6.02. The van der Waals surface area contributed by atoms with E-state index in [1.54, 1.807) is 4.90 Å². The van der Waals surface area contributed by atoms with Crippen molar-refractivity contribution < 1.29 is 14.7 Å². The fourth-order valence-electron chi connectivity index (χ4n) is 4.62. The van der Waals surface area contributed by atoms with Gasteiger partial charge in [0.05, 0.1) is 10.9 Å². The van der Waals surface area contributed by atoms with E-state index < -0.39 is 11.4 Å². The van der Waals surface area contributed by atoms with Gasteiger partial charge in [-0.3, -0.25) is 9.59 Å². The first-order chi connectivity index (χ1) is 12.3. The van der Waals surface area contributed by atoms with Crippen LogP contribution in [0.15, 0.2) is 18.2 Å². The number of hydrogen-bond acceptors (Lipinski definition) is 2. The van der Waals surface area contributed by atoms with Crippen molar-refractivity contribution in [2.45, 2.75) is 46.5 Å². The van der Waals surface area contributed by atoms with E-state index in [-0.39, 0.29) is 5.91 Å². The lowest BCUT2D eigenvalue weighted by Crippen LogP contribution is -2.50. The molecule has 26 heavy (non-hydrogen) atoms. The van der Waals surface area contributed by atoms with Crippen LogP contribution in [-0.4, -0.2) is 39.5 Å². The highest BCUT2D eigenvalue weighted by Crippen LogP contribution is 2.36. The van der Waals surface area contributed by atoms with Gasteiger partial charge < -0.3 is 14.6 Å². The number of aromatic nitrogens is 1. The number of carbonyl (C=O) groups is 2. The third-order valence-corrected chi connectivity index (χ3v) is 5.92. The molecular weight excluding hydrogens is 328 g/mol. The van der Waals surface area contributed by atoms with Crippen LogP contribution < -0.4 is 0 Å². The zero-order chi connectivity index (χ0) is 19.1. The van der Waals surface area contributed by atoms with E-state index in [0.29, 0.717) is 31.6 Å². The summed E-state index contributed by atoms with van der Waals surface area (Å²) in [4.78, 5) is 27.1. The molecule has 1 saturated heterocycles. The molecule has 3 rings (SSSR count). The van der Waals surface area contributed by atoms with Crippen LogP contribution in [0.5, 0.6) is 0 Å². The number of likely N-dealkylation sites (tertiary alicyclic amines) is 1. The van der Waals surface area contributed by atoms with Crippen LogP contribution in [0.2, 0.25) is 0 Å². The molecule has 0 spiro atoms. The number of carboxylic acids is 1. The van der Waals surface area contributed by atoms with E-state index >= 15 is 0 Å². The smallest absolute Gasteiger partial charge is 0.311 e. The Morgan fingerprint density at radius 2 is 2.00 bits per heavy atom. The number of carboxylic acid groups (broad SMARTS) is 1. The highest BCUT2D eigenvalue weighted by Gasteiger charge is 2.43. The maximum atomic E-state index is 13.3. The summed E-state index contributed by atoms with van der Waals surface area (Å²) in [6.07, 6.45) is 2.80. The Morgan fingerprint density at radius 3 is 2.62 bits per heavy atom. The van der Waals surface area contributed by atoms with Crippen LogP contribution in [-0.2, 0) is 11.8 Å². The molecule has 140 valence electrons. The van der Waals surface area contributed by atoms with Gasteiger partial charge in [-0.05, 0) is 44.2 Å². The van der Waals surface area contributed by atoms with Crippen LogP contribution in [0, 0.1) is 19.3 Å². The summed E-state index contributed by atoms with van der Waals surface area (Å²) in [5.74, 6) is -0.830. The Balaban J connectivity index is 2.01. The fourth-order valence-corrected chi connectivity index (χ4v) is 4.62. The van der Waals surface area contributed by atoms with Crippen molar-refractivity contribution in [3.63, 3.8) is 0 Å². The molecule has 1 aliphatic heterocycles. The van der Waals surface area contributed by atoms with Gasteiger partial charge in [0.2, 0.25) is 0 Å². The summed E-state index contributed by atoms with van der Waals surface area (Å²) in [5.41, 5.74) is 3.04. The number of aryl methyl sites for hydroxylation is 3. The summed E-state index contributed by atoms with van der Waals surface area (Å²) in [6.45, 7) is 6.96. The number of piperidine rings is 1. The molecule has 1 N–H and O–H groups in total. The molecule has 1 aromatic heterocycles. The van der Waals surface area contributed by atoms with Crippen LogP contribution in [0.4, 0.5) is 0 Å². The average molecular weight is 356 g/mol. The van der Waals surface area contributed by atoms with Crippen molar-refractivity contribution in [1.29, 1.82) is 0 Å². The Labute approximate surface area is 154 Å². The predicted octanol–water partition coefficient (Wildman–Crippen LogP) is 3.90. The van der Waals surface area contributed by atoms with E-state index in [2.05, 4.69) is 0 Å². The minimum Gasteiger partial charge on any atom is -0.481 e. The van der Waals surface area contributed by atoms with Crippen LogP contribution in [0.3, 0.4) is 0 Å². The second kappa shape index (κ2) is 6.78. The quantitative estimate of drug-likeness (QED) is 0.904. The lowest BCUT2D eigenvalue weighted by Gasteiger charge is -2.40. The maximum Gasteiger partial charge on any atom is 0.311 e. The third-order valence-electron chi connectivity index (χ3n) is 5.92. The van der Waals surface area contributed by atoms with Gasteiger partial charge >= 0.3 is 5.97 Å². The fraction of sp³-hybridized carbons (Fsp3) is 0.524. The summed E-state index contributed by atoms with van der Waals surface area (Å²) in [5, 5.41) is 10.9. The Bertz CT molecular complexity index is 864. The first-order valence-electron chi connectivity index (χ1n) is 9.39. The van der Waals surface area contributed by atoms with Crippen LogP contribution >= 0.6 is 0 Å². The molecule has 2 aromatic rings. The van der Waals surface area contributed by atoms with Crippen LogP contribution in [0.25, 0.3) is 10.9 Å². The van der Waals surface area contributed by atoms with Gasteiger partial charge in [-0.15, -0.1) is 0 Å². The van der Waals surface area contributed by atoms with Gasteiger partial charge in [0.1, 0.15) is 5.69 Å².